The van der Waals surface area contributed by atoms with E-state index in [2.05, 4.69) is 0 Å². The molecule has 2 aromatic rings. The smallest absolute Gasteiger partial charge is 0.162 e. The Bertz CT molecular complexity index is 559. The first kappa shape index (κ1) is 11.5. The molecular formula is C14H10F2O. The molecule has 17 heavy (non-hydrogen) atoms. The summed E-state index contributed by atoms with van der Waals surface area (Å²) in [6.45, 7) is 1.31. The molecule has 2 rings (SSSR count). The molecule has 0 bridgehead atoms. The van der Waals surface area contributed by atoms with Crippen molar-refractivity contribution in [3.05, 3.63) is 59.7 Å². The summed E-state index contributed by atoms with van der Waals surface area (Å²) in [4.78, 5) is 11.2. The highest BCUT2D eigenvalue weighted by Crippen LogP contribution is 2.22. The first-order valence-electron chi connectivity index (χ1n) is 5.14. The molecule has 2 aromatic carbocycles. The van der Waals surface area contributed by atoms with Crippen LogP contribution in [0.3, 0.4) is 0 Å². The number of halogens is 2. The third-order valence-corrected chi connectivity index (χ3v) is 2.52. The van der Waals surface area contributed by atoms with Gasteiger partial charge in [-0.3, -0.25) is 4.79 Å². The third-order valence-electron chi connectivity index (χ3n) is 2.52. The topological polar surface area (TPSA) is 17.1 Å². The number of hydrogen-bond acceptors (Lipinski definition) is 1. The first-order valence-corrected chi connectivity index (χ1v) is 5.14. The Balaban J connectivity index is 2.50. The quantitative estimate of drug-likeness (QED) is 0.719. The summed E-state index contributed by atoms with van der Waals surface area (Å²) in [5, 5.41) is 0. The molecule has 0 saturated heterocycles. The second-order valence-electron chi connectivity index (χ2n) is 3.76. The van der Waals surface area contributed by atoms with Gasteiger partial charge in [0.1, 0.15) is 11.6 Å². The van der Waals surface area contributed by atoms with E-state index in [-0.39, 0.29) is 17.2 Å². The maximum atomic E-state index is 13.3. The number of carbonyl (C=O) groups is 1. The largest absolute Gasteiger partial charge is 0.294 e. The molecule has 0 N–H and O–H groups in total. The molecule has 0 aliphatic rings. The van der Waals surface area contributed by atoms with Crippen LogP contribution in [0.4, 0.5) is 8.78 Å². The molecule has 0 radical (unpaired) electrons. The highest BCUT2D eigenvalue weighted by Gasteiger charge is 2.08. The zero-order chi connectivity index (χ0) is 12.4. The first-order chi connectivity index (χ1) is 8.08. The van der Waals surface area contributed by atoms with E-state index in [1.807, 2.05) is 0 Å². The molecule has 86 valence electrons. The molecule has 0 aliphatic heterocycles. The van der Waals surface area contributed by atoms with Gasteiger partial charge in [-0.25, -0.2) is 8.78 Å². The Hall–Kier alpha value is -2.03. The molecule has 0 spiro atoms. The van der Waals surface area contributed by atoms with Gasteiger partial charge in [-0.1, -0.05) is 18.2 Å². The van der Waals surface area contributed by atoms with Crippen LogP contribution >= 0.6 is 0 Å². The van der Waals surface area contributed by atoms with Crippen molar-refractivity contribution in [2.24, 2.45) is 0 Å². The van der Waals surface area contributed by atoms with E-state index in [9.17, 15) is 13.6 Å². The van der Waals surface area contributed by atoms with Gasteiger partial charge < -0.3 is 0 Å². The van der Waals surface area contributed by atoms with Gasteiger partial charge in [0.05, 0.1) is 5.56 Å². The normalized spacial score (nSPS) is 10.3. The molecule has 0 fully saturated rings. The van der Waals surface area contributed by atoms with Crippen molar-refractivity contribution in [2.45, 2.75) is 6.92 Å². The summed E-state index contributed by atoms with van der Waals surface area (Å²) in [5.74, 6) is -1.20. The van der Waals surface area contributed by atoms with Gasteiger partial charge in [0, 0.05) is 0 Å². The lowest BCUT2D eigenvalue weighted by Crippen LogP contribution is -1.97. The molecule has 0 saturated carbocycles. The van der Waals surface area contributed by atoms with Crippen molar-refractivity contribution in [1.82, 2.24) is 0 Å². The third kappa shape index (κ3) is 2.38. The molecule has 0 aromatic heterocycles. The highest BCUT2D eigenvalue weighted by molar-refractivity contribution is 5.95. The minimum atomic E-state index is -0.539. The van der Waals surface area contributed by atoms with Crippen molar-refractivity contribution in [2.75, 3.05) is 0 Å². The van der Waals surface area contributed by atoms with Crippen LogP contribution in [-0.2, 0) is 0 Å². The molecule has 1 nitrogen and oxygen atoms in total. The van der Waals surface area contributed by atoms with Crippen molar-refractivity contribution in [3.63, 3.8) is 0 Å². The average Bonchev–Trinajstić information content (AvgIpc) is 2.30. The van der Waals surface area contributed by atoms with E-state index in [4.69, 9.17) is 0 Å². The summed E-state index contributed by atoms with van der Waals surface area (Å²) in [6, 6.07) is 10.1. The average molecular weight is 232 g/mol. The second-order valence-corrected chi connectivity index (χ2v) is 3.76. The number of hydrogen-bond donors (Lipinski definition) is 0. The van der Waals surface area contributed by atoms with Crippen LogP contribution in [0, 0.1) is 11.6 Å². The van der Waals surface area contributed by atoms with Crippen molar-refractivity contribution < 1.29 is 13.6 Å². The minimum Gasteiger partial charge on any atom is -0.294 e. The number of Topliss-reactive ketones (excluding diaryl/α,β-unsaturated/α-hetero) is 1. The van der Waals surface area contributed by atoms with Gasteiger partial charge in [0.2, 0.25) is 0 Å². The van der Waals surface area contributed by atoms with Gasteiger partial charge in [0.25, 0.3) is 0 Å². The van der Waals surface area contributed by atoms with Gasteiger partial charge in [0.15, 0.2) is 5.78 Å². The predicted molar refractivity (Wildman–Crippen MR) is 61.8 cm³/mol. The maximum absolute atomic E-state index is 13.3. The van der Waals surface area contributed by atoms with Crippen LogP contribution in [0.15, 0.2) is 42.5 Å². The Kier molecular flexibility index (Phi) is 3.00. The summed E-state index contributed by atoms with van der Waals surface area (Å²) < 4.78 is 26.1. The summed E-state index contributed by atoms with van der Waals surface area (Å²) in [5.41, 5.74) is 1.48. The van der Waals surface area contributed by atoms with E-state index in [0.29, 0.717) is 5.56 Å². The van der Waals surface area contributed by atoms with E-state index in [0.717, 1.165) is 5.56 Å². The van der Waals surface area contributed by atoms with E-state index in [1.54, 1.807) is 18.2 Å². The monoisotopic (exact) mass is 232 g/mol. The molecular weight excluding hydrogens is 222 g/mol. The van der Waals surface area contributed by atoms with Gasteiger partial charge in [-0.2, -0.15) is 0 Å². The van der Waals surface area contributed by atoms with Gasteiger partial charge in [-0.15, -0.1) is 0 Å². The Morgan fingerprint density at radius 1 is 0.941 bits per heavy atom. The molecule has 3 heteroatoms. The number of rotatable bonds is 2. The lowest BCUT2D eigenvalue weighted by atomic mass is 10.0. The molecule has 0 unspecified atom stereocenters. The summed E-state index contributed by atoms with van der Waals surface area (Å²) >= 11 is 0. The van der Waals surface area contributed by atoms with Crippen molar-refractivity contribution in [1.29, 1.82) is 0 Å². The van der Waals surface area contributed by atoms with Crippen LogP contribution in [0.25, 0.3) is 11.1 Å². The van der Waals surface area contributed by atoms with Crippen LogP contribution in [-0.4, -0.2) is 5.78 Å². The number of ketones is 1. The lowest BCUT2D eigenvalue weighted by Gasteiger charge is -2.04. The zero-order valence-corrected chi connectivity index (χ0v) is 9.21. The minimum absolute atomic E-state index is 0.0480. The Morgan fingerprint density at radius 2 is 1.53 bits per heavy atom. The highest BCUT2D eigenvalue weighted by atomic mass is 19.1. The Labute approximate surface area is 97.7 Å². The molecule has 0 aliphatic carbocycles. The number of carbonyl (C=O) groups excluding carboxylic acids is 1. The fourth-order valence-electron chi connectivity index (χ4n) is 1.62. The Morgan fingerprint density at radius 3 is 2.12 bits per heavy atom. The molecule has 0 heterocycles. The van der Waals surface area contributed by atoms with E-state index in [1.165, 1.54) is 31.2 Å². The second kappa shape index (κ2) is 4.45. The zero-order valence-electron chi connectivity index (χ0n) is 9.21. The maximum Gasteiger partial charge on any atom is 0.162 e. The van der Waals surface area contributed by atoms with Crippen molar-refractivity contribution in [3.8, 4) is 11.1 Å². The fraction of sp³-hybridized carbons (Fsp3) is 0.0714. The fourth-order valence-corrected chi connectivity index (χ4v) is 1.62. The predicted octanol–water partition coefficient (Wildman–Crippen LogP) is 3.83. The summed E-state index contributed by atoms with van der Waals surface area (Å²) in [6.07, 6.45) is 0. The molecule has 0 atom stereocenters. The summed E-state index contributed by atoms with van der Waals surface area (Å²) in [7, 11) is 0. The van der Waals surface area contributed by atoms with Gasteiger partial charge in [-0.05, 0) is 42.3 Å². The number of benzene rings is 2. The van der Waals surface area contributed by atoms with Crippen LogP contribution < -0.4 is 0 Å². The van der Waals surface area contributed by atoms with Crippen molar-refractivity contribution >= 4 is 5.78 Å². The van der Waals surface area contributed by atoms with E-state index < -0.39 is 5.82 Å². The van der Waals surface area contributed by atoms with Gasteiger partial charge >= 0.3 is 0 Å². The standard InChI is InChI=1S/C14H10F2O/c1-9(17)13-8-11(4-7-14(13)16)10-2-5-12(15)6-3-10/h2-8H,1H3. The van der Waals surface area contributed by atoms with Crippen LogP contribution in [0.5, 0.6) is 0 Å². The lowest BCUT2D eigenvalue weighted by molar-refractivity contribution is 0.101. The van der Waals surface area contributed by atoms with Crippen LogP contribution in [0.1, 0.15) is 17.3 Å². The van der Waals surface area contributed by atoms with E-state index >= 15 is 0 Å². The van der Waals surface area contributed by atoms with Crippen LogP contribution in [0.2, 0.25) is 0 Å². The SMILES string of the molecule is CC(=O)c1cc(-c2ccc(F)cc2)ccc1F. The molecule has 0 amide bonds.